The van der Waals surface area contributed by atoms with Crippen LogP contribution in [-0.4, -0.2) is 43.6 Å². The van der Waals surface area contributed by atoms with Gasteiger partial charge >= 0.3 is 0 Å². The molecule has 25 heavy (non-hydrogen) atoms. The Morgan fingerprint density at radius 1 is 1.16 bits per heavy atom. The number of ether oxygens (including phenoxy) is 1. The number of anilines is 1. The van der Waals surface area contributed by atoms with E-state index >= 15 is 0 Å². The number of nitrogens with zero attached hydrogens (tertiary/aromatic N) is 2. The maximum Gasteiger partial charge on any atom is 0.253 e. The van der Waals surface area contributed by atoms with Crippen LogP contribution in [-0.2, 0) is 0 Å². The van der Waals surface area contributed by atoms with E-state index in [0.717, 1.165) is 31.7 Å². The lowest BCUT2D eigenvalue weighted by atomic mass is 10.0. The first-order valence-corrected chi connectivity index (χ1v) is 8.99. The zero-order valence-corrected chi connectivity index (χ0v) is 15.0. The second kappa shape index (κ2) is 8.06. The molecule has 4 nitrogen and oxygen atoms in total. The van der Waals surface area contributed by atoms with E-state index in [2.05, 4.69) is 29.2 Å². The quantitative estimate of drug-likeness (QED) is 0.831. The molecule has 0 aromatic heterocycles. The molecule has 0 radical (unpaired) electrons. The monoisotopic (exact) mass is 338 g/mol. The number of carbonyl (C=O) groups excluding carboxylic acids is 1. The van der Waals surface area contributed by atoms with Gasteiger partial charge in [0.05, 0.1) is 6.61 Å². The summed E-state index contributed by atoms with van der Waals surface area (Å²) in [7, 11) is 1.91. The van der Waals surface area contributed by atoms with Gasteiger partial charge in [-0.2, -0.15) is 0 Å². The van der Waals surface area contributed by atoms with E-state index in [1.807, 2.05) is 49.2 Å². The highest BCUT2D eigenvalue weighted by molar-refractivity contribution is 5.94. The maximum atomic E-state index is 12.8. The molecule has 2 aromatic carbocycles. The molecule has 0 aliphatic carbocycles. The summed E-state index contributed by atoms with van der Waals surface area (Å²) < 4.78 is 5.45. The molecule has 1 heterocycles. The van der Waals surface area contributed by atoms with Gasteiger partial charge in [0.25, 0.3) is 5.91 Å². The minimum Gasteiger partial charge on any atom is -0.494 e. The molecule has 1 fully saturated rings. The van der Waals surface area contributed by atoms with Crippen molar-refractivity contribution in [1.82, 2.24) is 4.90 Å². The molecule has 0 spiro atoms. The second-order valence-corrected chi connectivity index (χ2v) is 6.45. The number of amides is 1. The number of benzene rings is 2. The van der Waals surface area contributed by atoms with Gasteiger partial charge in [0.15, 0.2) is 0 Å². The van der Waals surface area contributed by atoms with Crippen LogP contribution in [0.5, 0.6) is 5.75 Å². The third-order valence-electron chi connectivity index (χ3n) is 4.80. The van der Waals surface area contributed by atoms with Crippen LogP contribution in [0.1, 0.15) is 30.1 Å². The number of hydrogen-bond donors (Lipinski definition) is 0. The number of carbonyl (C=O) groups is 1. The fourth-order valence-corrected chi connectivity index (χ4v) is 3.37. The molecule has 1 aliphatic rings. The molecule has 0 bridgehead atoms. The zero-order chi connectivity index (χ0) is 17.6. The first kappa shape index (κ1) is 17.3. The van der Waals surface area contributed by atoms with Crippen molar-refractivity contribution < 1.29 is 9.53 Å². The first-order chi connectivity index (χ1) is 12.2. The summed E-state index contributed by atoms with van der Waals surface area (Å²) in [6.07, 6.45) is 2.14. The molecule has 1 amide bonds. The van der Waals surface area contributed by atoms with Crippen molar-refractivity contribution in [2.75, 3.05) is 31.6 Å². The molecule has 4 heteroatoms. The predicted octanol–water partition coefficient (Wildman–Crippen LogP) is 3.83. The topological polar surface area (TPSA) is 32.8 Å². The van der Waals surface area contributed by atoms with Crippen molar-refractivity contribution in [3.63, 3.8) is 0 Å². The third-order valence-corrected chi connectivity index (χ3v) is 4.80. The lowest BCUT2D eigenvalue weighted by Gasteiger charge is -2.39. The summed E-state index contributed by atoms with van der Waals surface area (Å²) in [5, 5.41) is 0. The molecule has 2 aromatic rings. The highest BCUT2D eigenvalue weighted by Crippen LogP contribution is 2.23. The Bertz CT molecular complexity index is 685. The number of likely N-dealkylation sites (N-methyl/N-ethyl adjacent to an activating group) is 1. The highest BCUT2D eigenvalue weighted by Gasteiger charge is 2.26. The van der Waals surface area contributed by atoms with Crippen LogP contribution < -0.4 is 9.64 Å². The maximum absolute atomic E-state index is 12.8. The summed E-state index contributed by atoms with van der Waals surface area (Å²) in [5.41, 5.74) is 1.94. The van der Waals surface area contributed by atoms with Crippen LogP contribution in [0.15, 0.2) is 54.6 Å². The number of piperidine rings is 1. The SMILES string of the molecule is CCOc1ccc(C(=O)N(C)C2CCCN(c3ccccc3)C2)cc1. The Morgan fingerprint density at radius 3 is 2.56 bits per heavy atom. The van der Waals surface area contributed by atoms with E-state index < -0.39 is 0 Å². The van der Waals surface area contributed by atoms with Crippen molar-refractivity contribution in [3.05, 3.63) is 60.2 Å². The Morgan fingerprint density at radius 2 is 1.88 bits per heavy atom. The Balaban J connectivity index is 1.67. The average Bonchev–Trinajstić information content (AvgIpc) is 2.68. The highest BCUT2D eigenvalue weighted by atomic mass is 16.5. The minimum atomic E-state index is 0.0722. The van der Waals surface area contributed by atoms with Crippen molar-refractivity contribution >= 4 is 11.6 Å². The van der Waals surface area contributed by atoms with Crippen LogP contribution >= 0.6 is 0 Å². The van der Waals surface area contributed by atoms with E-state index in [0.29, 0.717) is 12.2 Å². The summed E-state index contributed by atoms with van der Waals surface area (Å²) in [6, 6.07) is 18.1. The molecular weight excluding hydrogens is 312 g/mol. The number of hydrogen-bond acceptors (Lipinski definition) is 3. The van der Waals surface area contributed by atoms with Crippen LogP contribution in [0.2, 0.25) is 0 Å². The van der Waals surface area contributed by atoms with Crippen molar-refractivity contribution in [2.45, 2.75) is 25.8 Å². The van der Waals surface area contributed by atoms with E-state index in [4.69, 9.17) is 4.74 Å². The van der Waals surface area contributed by atoms with Crippen molar-refractivity contribution in [3.8, 4) is 5.75 Å². The van der Waals surface area contributed by atoms with Gasteiger partial charge < -0.3 is 14.5 Å². The van der Waals surface area contributed by atoms with Gasteiger partial charge in [-0.05, 0) is 56.2 Å². The molecule has 0 N–H and O–H groups in total. The van der Waals surface area contributed by atoms with Crippen LogP contribution in [0.3, 0.4) is 0 Å². The van der Waals surface area contributed by atoms with E-state index in [1.54, 1.807) is 0 Å². The van der Waals surface area contributed by atoms with Crippen molar-refractivity contribution in [2.24, 2.45) is 0 Å². The van der Waals surface area contributed by atoms with E-state index in [-0.39, 0.29) is 11.9 Å². The predicted molar refractivity (Wildman–Crippen MR) is 101 cm³/mol. The van der Waals surface area contributed by atoms with Gasteiger partial charge in [0.2, 0.25) is 0 Å². The molecule has 3 rings (SSSR count). The minimum absolute atomic E-state index is 0.0722. The van der Waals surface area contributed by atoms with Gasteiger partial charge in [0, 0.05) is 37.4 Å². The Hall–Kier alpha value is -2.49. The van der Waals surface area contributed by atoms with Gasteiger partial charge in [-0.25, -0.2) is 0 Å². The first-order valence-electron chi connectivity index (χ1n) is 8.99. The lowest BCUT2D eigenvalue weighted by molar-refractivity contribution is 0.0717. The van der Waals surface area contributed by atoms with Crippen LogP contribution in [0, 0.1) is 0 Å². The molecule has 1 atom stereocenters. The van der Waals surface area contributed by atoms with Gasteiger partial charge in [0.1, 0.15) is 5.75 Å². The number of rotatable bonds is 5. The standard InChI is InChI=1S/C21H26N2O2/c1-3-25-20-13-11-17(12-14-20)21(24)22(2)19-10-7-15-23(16-19)18-8-5-4-6-9-18/h4-6,8-9,11-14,19H,3,7,10,15-16H2,1-2H3. The van der Waals surface area contributed by atoms with Gasteiger partial charge in [-0.3, -0.25) is 4.79 Å². The van der Waals surface area contributed by atoms with Gasteiger partial charge in [-0.1, -0.05) is 18.2 Å². The molecule has 0 saturated carbocycles. The lowest BCUT2D eigenvalue weighted by Crippen LogP contribution is -2.48. The zero-order valence-electron chi connectivity index (χ0n) is 15.0. The van der Waals surface area contributed by atoms with Crippen molar-refractivity contribution in [1.29, 1.82) is 0 Å². The molecule has 1 aliphatic heterocycles. The summed E-state index contributed by atoms with van der Waals surface area (Å²) in [5.74, 6) is 0.873. The average molecular weight is 338 g/mol. The second-order valence-electron chi connectivity index (χ2n) is 6.45. The fraction of sp³-hybridized carbons (Fsp3) is 0.381. The van der Waals surface area contributed by atoms with E-state index in [9.17, 15) is 4.79 Å². The summed E-state index contributed by atoms with van der Waals surface area (Å²) in [6.45, 7) is 4.51. The van der Waals surface area contributed by atoms with Gasteiger partial charge in [-0.15, -0.1) is 0 Å². The Kier molecular flexibility index (Phi) is 5.59. The van der Waals surface area contributed by atoms with E-state index in [1.165, 1.54) is 5.69 Å². The molecule has 1 saturated heterocycles. The van der Waals surface area contributed by atoms with Crippen LogP contribution in [0.25, 0.3) is 0 Å². The fourth-order valence-electron chi connectivity index (χ4n) is 3.37. The summed E-state index contributed by atoms with van der Waals surface area (Å²) in [4.78, 5) is 17.1. The molecule has 132 valence electrons. The third kappa shape index (κ3) is 4.13. The largest absolute Gasteiger partial charge is 0.494 e. The smallest absolute Gasteiger partial charge is 0.253 e. The number of para-hydroxylation sites is 1. The molecule has 1 unspecified atom stereocenters. The molecular formula is C21H26N2O2. The Labute approximate surface area is 150 Å². The van der Waals surface area contributed by atoms with Crippen LogP contribution in [0.4, 0.5) is 5.69 Å². The normalized spacial score (nSPS) is 17.2. The summed E-state index contributed by atoms with van der Waals surface area (Å²) >= 11 is 0.